The van der Waals surface area contributed by atoms with Crippen LogP contribution in [0.3, 0.4) is 0 Å². The van der Waals surface area contributed by atoms with Gasteiger partial charge < -0.3 is 4.90 Å². The van der Waals surface area contributed by atoms with Crippen molar-refractivity contribution in [2.24, 2.45) is 5.92 Å². The van der Waals surface area contributed by atoms with Crippen LogP contribution in [0.1, 0.15) is 43.5 Å². The number of nitrogens with zero attached hydrogens (tertiary/aromatic N) is 2. The fourth-order valence-corrected chi connectivity index (χ4v) is 3.76. The summed E-state index contributed by atoms with van der Waals surface area (Å²) in [6.07, 6.45) is 4.17. The molecular formula is C18H26N2O. The van der Waals surface area contributed by atoms with Gasteiger partial charge in [0, 0.05) is 43.5 Å². The van der Waals surface area contributed by atoms with Crippen molar-refractivity contribution in [3.05, 3.63) is 29.8 Å². The number of rotatable bonds is 3. The van der Waals surface area contributed by atoms with E-state index >= 15 is 0 Å². The lowest BCUT2D eigenvalue weighted by Crippen LogP contribution is -2.49. The van der Waals surface area contributed by atoms with E-state index in [1.54, 1.807) is 6.92 Å². The largest absolute Gasteiger partial charge is 0.369 e. The molecule has 3 heteroatoms. The molecule has 1 aromatic rings. The predicted molar refractivity (Wildman–Crippen MR) is 87.0 cm³/mol. The summed E-state index contributed by atoms with van der Waals surface area (Å²) in [4.78, 5) is 16.5. The molecule has 1 aromatic carbocycles. The second-order valence-corrected chi connectivity index (χ2v) is 6.70. The van der Waals surface area contributed by atoms with Gasteiger partial charge in [0.15, 0.2) is 5.78 Å². The Morgan fingerprint density at radius 2 is 1.71 bits per heavy atom. The highest BCUT2D eigenvalue weighted by Crippen LogP contribution is 2.30. The monoisotopic (exact) mass is 286 g/mol. The number of hydrogen-bond acceptors (Lipinski definition) is 3. The van der Waals surface area contributed by atoms with Crippen LogP contribution in [0.4, 0.5) is 5.69 Å². The first-order chi connectivity index (χ1) is 10.1. The van der Waals surface area contributed by atoms with Crippen molar-refractivity contribution >= 4 is 11.5 Å². The molecule has 114 valence electrons. The van der Waals surface area contributed by atoms with Gasteiger partial charge in [-0.3, -0.25) is 9.69 Å². The maximum Gasteiger partial charge on any atom is 0.159 e. The molecule has 2 atom stereocenters. The molecule has 1 aliphatic carbocycles. The first-order valence-corrected chi connectivity index (χ1v) is 8.23. The number of ketones is 1. The van der Waals surface area contributed by atoms with Crippen LogP contribution in [0.15, 0.2) is 24.3 Å². The number of carbonyl (C=O) groups is 1. The maximum atomic E-state index is 11.3. The predicted octanol–water partition coefficient (Wildman–Crippen LogP) is 3.20. The summed E-state index contributed by atoms with van der Waals surface area (Å²) in [5.41, 5.74) is 2.05. The van der Waals surface area contributed by atoms with E-state index in [0.717, 1.165) is 30.6 Å². The fraction of sp³-hybridized carbons (Fsp3) is 0.611. The van der Waals surface area contributed by atoms with Gasteiger partial charge in [0.25, 0.3) is 0 Å². The Balaban J connectivity index is 1.56. The second-order valence-electron chi connectivity index (χ2n) is 6.70. The fourth-order valence-electron chi connectivity index (χ4n) is 3.76. The van der Waals surface area contributed by atoms with Crippen LogP contribution in [0, 0.1) is 5.92 Å². The van der Waals surface area contributed by atoms with Gasteiger partial charge in [-0.05, 0) is 56.4 Å². The summed E-state index contributed by atoms with van der Waals surface area (Å²) in [5, 5.41) is 0. The average molecular weight is 286 g/mol. The molecule has 1 heterocycles. The lowest BCUT2D eigenvalue weighted by Gasteiger charge is -2.39. The smallest absolute Gasteiger partial charge is 0.159 e. The highest BCUT2D eigenvalue weighted by atomic mass is 16.1. The molecule has 2 fully saturated rings. The maximum absolute atomic E-state index is 11.3. The van der Waals surface area contributed by atoms with Crippen LogP contribution >= 0.6 is 0 Å². The molecule has 2 aliphatic rings. The number of anilines is 1. The Bertz CT molecular complexity index is 488. The third-order valence-electron chi connectivity index (χ3n) is 5.14. The normalized spacial score (nSPS) is 27.0. The number of hydrogen-bond donors (Lipinski definition) is 0. The van der Waals surface area contributed by atoms with Gasteiger partial charge in [0.05, 0.1) is 0 Å². The SMILES string of the molecule is CC(=O)c1ccc(N2CCN([C@H]3CC[C@@H](C)C3)CC2)cc1. The number of benzene rings is 1. The second kappa shape index (κ2) is 6.18. The van der Waals surface area contributed by atoms with Crippen LogP contribution in [0.5, 0.6) is 0 Å². The number of Topliss-reactive ketones (excluding diaryl/α,β-unsaturated/α-hetero) is 1. The molecule has 0 aromatic heterocycles. The molecule has 0 unspecified atom stereocenters. The van der Waals surface area contributed by atoms with Crippen LogP contribution < -0.4 is 4.90 Å². The van der Waals surface area contributed by atoms with E-state index in [1.165, 1.54) is 38.0 Å². The average Bonchev–Trinajstić information content (AvgIpc) is 2.94. The van der Waals surface area contributed by atoms with Gasteiger partial charge in [-0.1, -0.05) is 6.92 Å². The molecule has 1 aliphatic heterocycles. The van der Waals surface area contributed by atoms with Crippen molar-refractivity contribution in [2.75, 3.05) is 31.1 Å². The Morgan fingerprint density at radius 3 is 2.24 bits per heavy atom. The molecule has 1 saturated carbocycles. The van der Waals surface area contributed by atoms with Crippen LogP contribution in [-0.2, 0) is 0 Å². The van der Waals surface area contributed by atoms with Crippen molar-refractivity contribution in [3.63, 3.8) is 0 Å². The lowest BCUT2D eigenvalue weighted by molar-refractivity contribution is 0.101. The van der Waals surface area contributed by atoms with Crippen LogP contribution in [-0.4, -0.2) is 42.9 Å². The van der Waals surface area contributed by atoms with E-state index in [9.17, 15) is 4.79 Å². The molecule has 0 spiro atoms. The minimum atomic E-state index is 0.140. The van der Waals surface area contributed by atoms with Gasteiger partial charge >= 0.3 is 0 Å². The summed E-state index contributed by atoms with van der Waals surface area (Å²) in [6, 6.07) is 8.89. The molecule has 0 radical (unpaired) electrons. The highest BCUT2D eigenvalue weighted by molar-refractivity contribution is 5.94. The molecule has 0 N–H and O–H groups in total. The topological polar surface area (TPSA) is 23.6 Å². The van der Waals surface area contributed by atoms with E-state index < -0.39 is 0 Å². The van der Waals surface area contributed by atoms with Crippen molar-refractivity contribution in [2.45, 2.75) is 39.2 Å². The van der Waals surface area contributed by atoms with Gasteiger partial charge in [-0.25, -0.2) is 0 Å². The van der Waals surface area contributed by atoms with Crippen molar-refractivity contribution in [1.82, 2.24) is 4.90 Å². The van der Waals surface area contributed by atoms with Crippen LogP contribution in [0.25, 0.3) is 0 Å². The molecule has 1 saturated heterocycles. The molecule has 3 rings (SSSR count). The first-order valence-electron chi connectivity index (χ1n) is 8.23. The van der Waals surface area contributed by atoms with E-state index in [1.807, 2.05) is 12.1 Å². The zero-order valence-corrected chi connectivity index (χ0v) is 13.2. The molecule has 0 bridgehead atoms. The van der Waals surface area contributed by atoms with Crippen molar-refractivity contribution in [1.29, 1.82) is 0 Å². The third kappa shape index (κ3) is 3.29. The summed E-state index contributed by atoms with van der Waals surface area (Å²) in [6.45, 7) is 8.55. The minimum absolute atomic E-state index is 0.140. The number of piperazine rings is 1. The quantitative estimate of drug-likeness (QED) is 0.797. The summed E-state index contributed by atoms with van der Waals surface area (Å²) in [7, 11) is 0. The number of carbonyl (C=O) groups excluding carboxylic acids is 1. The Morgan fingerprint density at radius 1 is 1.05 bits per heavy atom. The third-order valence-corrected chi connectivity index (χ3v) is 5.14. The standard InChI is InChI=1S/C18H26N2O/c1-14-3-6-18(13-14)20-11-9-19(10-12-20)17-7-4-16(5-8-17)15(2)21/h4-5,7-8,14,18H,3,6,9-13H2,1-2H3/t14-,18+/m1/s1. The molecule has 21 heavy (non-hydrogen) atoms. The molecule has 0 amide bonds. The van der Waals surface area contributed by atoms with Crippen molar-refractivity contribution in [3.8, 4) is 0 Å². The highest BCUT2D eigenvalue weighted by Gasteiger charge is 2.29. The van der Waals surface area contributed by atoms with Gasteiger partial charge in [-0.15, -0.1) is 0 Å². The first kappa shape index (κ1) is 14.6. The Labute approximate surface area is 127 Å². The Hall–Kier alpha value is -1.35. The summed E-state index contributed by atoms with van der Waals surface area (Å²) >= 11 is 0. The van der Waals surface area contributed by atoms with Gasteiger partial charge in [0.1, 0.15) is 0 Å². The van der Waals surface area contributed by atoms with Crippen LogP contribution in [0.2, 0.25) is 0 Å². The minimum Gasteiger partial charge on any atom is -0.369 e. The summed E-state index contributed by atoms with van der Waals surface area (Å²) in [5.74, 6) is 1.05. The molecular weight excluding hydrogens is 260 g/mol. The van der Waals surface area contributed by atoms with E-state index in [2.05, 4.69) is 28.9 Å². The zero-order chi connectivity index (χ0) is 14.8. The Kier molecular flexibility index (Phi) is 4.29. The van der Waals surface area contributed by atoms with E-state index in [-0.39, 0.29) is 5.78 Å². The van der Waals surface area contributed by atoms with E-state index in [4.69, 9.17) is 0 Å². The lowest BCUT2D eigenvalue weighted by atomic mass is 10.1. The van der Waals surface area contributed by atoms with E-state index in [0.29, 0.717) is 0 Å². The zero-order valence-electron chi connectivity index (χ0n) is 13.2. The van der Waals surface area contributed by atoms with Crippen molar-refractivity contribution < 1.29 is 4.79 Å². The van der Waals surface area contributed by atoms with Gasteiger partial charge in [-0.2, -0.15) is 0 Å². The van der Waals surface area contributed by atoms with Gasteiger partial charge in [0.2, 0.25) is 0 Å². The molecule has 3 nitrogen and oxygen atoms in total. The summed E-state index contributed by atoms with van der Waals surface area (Å²) < 4.78 is 0.